The molecule has 0 aliphatic heterocycles. The Morgan fingerprint density at radius 1 is 1.12 bits per heavy atom. The average molecular weight is 210 g/mol. The number of H-pyrrole nitrogens is 1. The number of hydrogen-bond acceptors (Lipinski definition) is 2. The van der Waals surface area contributed by atoms with Crippen LogP contribution in [0.4, 0.5) is 0 Å². The second-order valence-corrected chi connectivity index (χ2v) is 3.83. The Bertz CT molecular complexity index is 744. The van der Waals surface area contributed by atoms with Gasteiger partial charge in [0.15, 0.2) is 0 Å². The van der Waals surface area contributed by atoms with Gasteiger partial charge in [-0.25, -0.2) is 4.98 Å². The van der Waals surface area contributed by atoms with Crippen LogP contribution in [0.15, 0.2) is 41.2 Å². The summed E-state index contributed by atoms with van der Waals surface area (Å²) < 4.78 is 0. The Balaban J connectivity index is 2.65. The number of aromatic nitrogens is 2. The number of aromatic amines is 1. The molecule has 3 heteroatoms. The molecule has 3 aromatic rings. The van der Waals surface area contributed by atoms with Crippen molar-refractivity contribution in [2.75, 3.05) is 0 Å². The van der Waals surface area contributed by atoms with E-state index in [1.165, 1.54) is 0 Å². The molecule has 0 aliphatic carbocycles. The normalized spacial score (nSPS) is 11.1. The van der Waals surface area contributed by atoms with Crippen LogP contribution in [-0.4, -0.2) is 9.97 Å². The van der Waals surface area contributed by atoms with Gasteiger partial charge in [0.1, 0.15) is 5.82 Å². The molecule has 2 aromatic carbocycles. The lowest BCUT2D eigenvalue weighted by Gasteiger charge is -2.02. The van der Waals surface area contributed by atoms with Gasteiger partial charge in [-0.1, -0.05) is 30.3 Å². The van der Waals surface area contributed by atoms with Gasteiger partial charge in [-0.3, -0.25) is 4.79 Å². The summed E-state index contributed by atoms with van der Waals surface area (Å²) in [5.74, 6) is 0.646. The molecular formula is C13H10N2O. The highest BCUT2D eigenvalue weighted by molar-refractivity contribution is 6.05. The molecule has 0 aliphatic rings. The second kappa shape index (κ2) is 3.17. The third-order valence-corrected chi connectivity index (χ3v) is 2.72. The number of rotatable bonds is 0. The molecule has 0 spiro atoms. The van der Waals surface area contributed by atoms with Gasteiger partial charge in [0.25, 0.3) is 5.56 Å². The van der Waals surface area contributed by atoms with Crippen molar-refractivity contribution in [1.82, 2.24) is 9.97 Å². The third-order valence-electron chi connectivity index (χ3n) is 2.72. The van der Waals surface area contributed by atoms with Crippen LogP contribution in [0.2, 0.25) is 0 Å². The van der Waals surface area contributed by atoms with E-state index in [9.17, 15) is 4.79 Å². The molecule has 3 rings (SSSR count). The summed E-state index contributed by atoms with van der Waals surface area (Å²) >= 11 is 0. The Kier molecular flexibility index (Phi) is 1.80. The van der Waals surface area contributed by atoms with Crippen molar-refractivity contribution in [3.05, 3.63) is 52.6 Å². The van der Waals surface area contributed by atoms with Crippen molar-refractivity contribution in [3.63, 3.8) is 0 Å². The number of hydrogen-bond donors (Lipinski definition) is 1. The fourth-order valence-corrected chi connectivity index (χ4v) is 2.03. The van der Waals surface area contributed by atoms with Crippen molar-refractivity contribution < 1.29 is 0 Å². The second-order valence-electron chi connectivity index (χ2n) is 3.83. The molecule has 1 aromatic heterocycles. The first-order chi connectivity index (χ1) is 7.75. The van der Waals surface area contributed by atoms with Gasteiger partial charge in [0, 0.05) is 0 Å². The van der Waals surface area contributed by atoms with Gasteiger partial charge < -0.3 is 4.98 Å². The predicted molar refractivity (Wildman–Crippen MR) is 64.6 cm³/mol. The molecule has 0 radical (unpaired) electrons. The van der Waals surface area contributed by atoms with E-state index in [1.807, 2.05) is 36.4 Å². The Hall–Kier alpha value is -2.16. The number of aryl methyl sites for hydroxylation is 1. The Morgan fingerprint density at radius 3 is 2.81 bits per heavy atom. The summed E-state index contributed by atoms with van der Waals surface area (Å²) in [6, 6.07) is 11.7. The van der Waals surface area contributed by atoms with Gasteiger partial charge in [-0.15, -0.1) is 0 Å². The maximum atomic E-state index is 11.9. The van der Waals surface area contributed by atoms with Gasteiger partial charge in [-0.2, -0.15) is 0 Å². The molecular weight excluding hydrogens is 200 g/mol. The first-order valence-corrected chi connectivity index (χ1v) is 5.14. The fraction of sp³-hybridized carbons (Fsp3) is 0.0769. The van der Waals surface area contributed by atoms with Crippen LogP contribution in [-0.2, 0) is 0 Å². The highest BCUT2D eigenvalue weighted by Gasteiger charge is 2.05. The first-order valence-electron chi connectivity index (χ1n) is 5.14. The molecule has 78 valence electrons. The SMILES string of the molecule is Cc1nc2ccc3ccccc3c2c(=O)[nH]1. The number of nitrogens with one attached hydrogen (secondary N) is 1. The van der Waals surface area contributed by atoms with Gasteiger partial charge >= 0.3 is 0 Å². The third kappa shape index (κ3) is 1.21. The molecule has 0 bridgehead atoms. The van der Waals surface area contributed by atoms with Crippen LogP contribution < -0.4 is 5.56 Å². The van der Waals surface area contributed by atoms with Crippen LogP contribution >= 0.6 is 0 Å². The molecule has 0 saturated heterocycles. The summed E-state index contributed by atoms with van der Waals surface area (Å²) in [4.78, 5) is 19.0. The van der Waals surface area contributed by atoms with Crippen molar-refractivity contribution in [2.24, 2.45) is 0 Å². The minimum absolute atomic E-state index is 0.0701. The van der Waals surface area contributed by atoms with E-state index in [1.54, 1.807) is 6.92 Å². The van der Waals surface area contributed by atoms with Crippen LogP contribution in [0.1, 0.15) is 5.82 Å². The number of benzene rings is 2. The maximum absolute atomic E-state index is 11.9. The summed E-state index contributed by atoms with van der Waals surface area (Å²) in [7, 11) is 0. The Labute approximate surface area is 91.8 Å². The number of fused-ring (bicyclic) bond motifs is 3. The molecule has 0 fully saturated rings. The van der Waals surface area contributed by atoms with Gasteiger partial charge in [0.05, 0.1) is 10.9 Å². The zero-order valence-corrected chi connectivity index (χ0v) is 8.82. The lowest BCUT2D eigenvalue weighted by molar-refractivity contribution is 1.06. The highest BCUT2D eigenvalue weighted by atomic mass is 16.1. The van der Waals surface area contributed by atoms with E-state index < -0.39 is 0 Å². The fourth-order valence-electron chi connectivity index (χ4n) is 2.03. The first kappa shape index (κ1) is 9.09. The van der Waals surface area contributed by atoms with Gasteiger partial charge in [-0.05, 0) is 23.8 Å². The summed E-state index contributed by atoms with van der Waals surface area (Å²) in [6.07, 6.45) is 0. The predicted octanol–water partition coefficient (Wildman–Crippen LogP) is 2.38. The lowest BCUT2D eigenvalue weighted by atomic mass is 10.1. The van der Waals surface area contributed by atoms with Crippen LogP contribution in [0.25, 0.3) is 21.7 Å². The summed E-state index contributed by atoms with van der Waals surface area (Å²) in [5, 5.41) is 2.68. The minimum atomic E-state index is -0.0701. The highest BCUT2D eigenvalue weighted by Crippen LogP contribution is 2.20. The quantitative estimate of drug-likeness (QED) is 0.579. The van der Waals surface area contributed by atoms with Crippen LogP contribution in [0.3, 0.4) is 0 Å². The van der Waals surface area contributed by atoms with E-state index in [2.05, 4.69) is 9.97 Å². The van der Waals surface area contributed by atoms with E-state index in [-0.39, 0.29) is 5.56 Å². The van der Waals surface area contributed by atoms with E-state index in [0.717, 1.165) is 16.3 Å². The van der Waals surface area contributed by atoms with Crippen molar-refractivity contribution in [3.8, 4) is 0 Å². The smallest absolute Gasteiger partial charge is 0.259 e. The summed E-state index contributed by atoms with van der Waals surface area (Å²) in [5.41, 5.74) is 0.680. The number of nitrogens with zero attached hydrogens (tertiary/aromatic N) is 1. The largest absolute Gasteiger partial charge is 0.310 e. The molecule has 0 unspecified atom stereocenters. The Morgan fingerprint density at radius 2 is 1.94 bits per heavy atom. The zero-order chi connectivity index (χ0) is 11.1. The van der Waals surface area contributed by atoms with Crippen LogP contribution in [0, 0.1) is 6.92 Å². The molecule has 16 heavy (non-hydrogen) atoms. The topological polar surface area (TPSA) is 45.8 Å². The van der Waals surface area contributed by atoms with Crippen LogP contribution in [0.5, 0.6) is 0 Å². The van der Waals surface area contributed by atoms with Gasteiger partial charge in [0.2, 0.25) is 0 Å². The standard InChI is InChI=1S/C13H10N2O/c1-8-14-11-7-6-9-4-2-3-5-10(9)12(11)13(16)15-8/h2-7H,1H3,(H,14,15,16). The van der Waals surface area contributed by atoms with Crippen molar-refractivity contribution in [1.29, 1.82) is 0 Å². The summed E-state index contributed by atoms with van der Waals surface area (Å²) in [6.45, 7) is 1.79. The van der Waals surface area contributed by atoms with E-state index >= 15 is 0 Å². The monoisotopic (exact) mass is 210 g/mol. The van der Waals surface area contributed by atoms with Crippen molar-refractivity contribution >= 4 is 21.7 Å². The molecule has 0 atom stereocenters. The molecule has 0 saturated carbocycles. The van der Waals surface area contributed by atoms with E-state index in [4.69, 9.17) is 0 Å². The lowest BCUT2D eigenvalue weighted by Crippen LogP contribution is -2.09. The molecule has 1 N–H and O–H groups in total. The maximum Gasteiger partial charge on any atom is 0.259 e. The average Bonchev–Trinajstić information content (AvgIpc) is 2.28. The molecule has 1 heterocycles. The minimum Gasteiger partial charge on any atom is -0.310 e. The molecule has 0 amide bonds. The van der Waals surface area contributed by atoms with E-state index in [0.29, 0.717) is 11.2 Å². The zero-order valence-electron chi connectivity index (χ0n) is 8.82. The van der Waals surface area contributed by atoms with Crippen molar-refractivity contribution in [2.45, 2.75) is 6.92 Å². The molecule has 3 nitrogen and oxygen atoms in total.